The van der Waals surface area contributed by atoms with Crippen molar-refractivity contribution in [2.24, 2.45) is 0 Å². The molecule has 4 nitrogen and oxygen atoms in total. The Morgan fingerprint density at radius 1 is 1.41 bits per heavy atom. The topological polar surface area (TPSA) is 46.9 Å². The predicted octanol–water partition coefficient (Wildman–Crippen LogP) is 1.92. The van der Waals surface area contributed by atoms with Crippen LogP contribution in [0.15, 0.2) is 42.7 Å². The summed E-state index contributed by atoms with van der Waals surface area (Å²) in [6, 6.07) is 9.38. The molecule has 0 saturated heterocycles. The fourth-order valence-electron chi connectivity index (χ4n) is 1.45. The molecule has 1 heterocycles. The van der Waals surface area contributed by atoms with Crippen LogP contribution in [-0.2, 0) is 6.54 Å². The first-order chi connectivity index (χ1) is 8.25. The van der Waals surface area contributed by atoms with E-state index in [1.165, 1.54) is 0 Å². The Balaban J connectivity index is 1.85. The number of benzene rings is 1. The second kappa shape index (κ2) is 5.81. The van der Waals surface area contributed by atoms with Crippen molar-refractivity contribution in [3.05, 3.63) is 51.9 Å². The molecule has 2 rings (SSSR count). The third kappa shape index (κ3) is 3.55. The van der Waals surface area contributed by atoms with E-state index in [4.69, 9.17) is 0 Å². The van der Waals surface area contributed by atoms with Crippen LogP contribution >= 0.6 is 22.6 Å². The van der Waals surface area contributed by atoms with Gasteiger partial charge in [-0.25, -0.2) is 0 Å². The first-order valence-corrected chi connectivity index (χ1v) is 6.35. The lowest BCUT2D eigenvalue weighted by molar-refractivity contribution is 0.0952. The van der Waals surface area contributed by atoms with Crippen LogP contribution in [0.1, 0.15) is 10.4 Å². The van der Waals surface area contributed by atoms with Gasteiger partial charge in [0.15, 0.2) is 0 Å². The van der Waals surface area contributed by atoms with Crippen molar-refractivity contribution in [3.63, 3.8) is 0 Å². The number of rotatable bonds is 4. The minimum absolute atomic E-state index is 0.0457. The molecular formula is C12H12IN3O. The summed E-state index contributed by atoms with van der Waals surface area (Å²) in [4.78, 5) is 11.8. The number of halogens is 1. The van der Waals surface area contributed by atoms with Gasteiger partial charge < -0.3 is 5.32 Å². The molecular weight excluding hydrogens is 329 g/mol. The average molecular weight is 341 g/mol. The maximum Gasteiger partial charge on any atom is 0.251 e. The van der Waals surface area contributed by atoms with Gasteiger partial charge in [0.05, 0.1) is 6.54 Å². The molecule has 0 aliphatic rings. The monoisotopic (exact) mass is 341 g/mol. The van der Waals surface area contributed by atoms with E-state index in [-0.39, 0.29) is 5.91 Å². The van der Waals surface area contributed by atoms with Gasteiger partial charge >= 0.3 is 0 Å². The van der Waals surface area contributed by atoms with Crippen LogP contribution in [0.25, 0.3) is 0 Å². The smallest absolute Gasteiger partial charge is 0.251 e. The van der Waals surface area contributed by atoms with Gasteiger partial charge in [-0.15, -0.1) is 0 Å². The minimum Gasteiger partial charge on any atom is -0.350 e. The van der Waals surface area contributed by atoms with E-state index in [0.717, 1.165) is 3.57 Å². The molecule has 0 aliphatic heterocycles. The van der Waals surface area contributed by atoms with Crippen LogP contribution in [0.5, 0.6) is 0 Å². The van der Waals surface area contributed by atoms with Crippen molar-refractivity contribution in [2.75, 3.05) is 6.54 Å². The second-order valence-corrected chi connectivity index (χ2v) is 4.78. The summed E-state index contributed by atoms with van der Waals surface area (Å²) in [5, 5.41) is 6.93. The molecule has 1 N–H and O–H groups in total. The molecule has 5 heteroatoms. The van der Waals surface area contributed by atoms with Crippen molar-refractivity contribution in [2.45, 2.75) is 6.54 Å². The van der Waals surface area contributed by atoms with Crippen LogP contribution in [0.3, 0.4) is 0 Å². The maximum absolute atomic E-state index is 11.8. The Morgan fingerprint density at radius 2 is 2.29 bits per heavy atom. The number of aromatic nitrogens is 2. The summed E-state index contributed by atoms with van der Waals surface area (Å²) >= 11 is 2.19. The van der Waals surface area contributed by atoms with Gasteiger partial charge in [0.2, 0.25) is 0 Å². The second-order valence-electron chi connectivity index (χ2n) is 3.54. The van der Waals surface area contributed by atoms with Gasteiger partial charge in [0.25, 0.3) is 5.91 Å². The SMILES string of the molecule is O=C(NCCn1cccn1)c1cccc(I)c1. The first kappa shape index (κ1) is 12.1. The highest BCUT2D eigenvalue weighted by atomic mass is 127. The molecule has 0 unspecified atom stereocenters. The van der Waals surface area contributed by atoms with Crippen molar-refractivity contribution in [1.82, 2.24) is 15.1 Å². The molecule has 0 atom stereocenters. The van der Waals surface area contributed by atoms with E-state index in [2.05, 4.69) is 33.0 Å². The van der Waals surface area contributed by atoms with Gasteiger partial charge in [-0.2, -0.15) is 5.10 Å². The van der Waals surface area contributed by atoms with Crippen LogP contribution < -0.4 is 5.32 Å². The molecule has 0 radical (unpaired) electrons. The molecule has 1 aromatic heterocycles. The number of hydrogen-bond donors (Lipinski definition) is 1. The summed E-state index contributed by atoms with van der Waals surface area (Å²) in [5.74, 6) is -0.0457. The van der Waals surface area contributed by atoms with Crippen LogP contribution in [0.2, 0.25) is 0 Å². The minimum atomic E-state index is -0.0457. The standard InChI is InChI=1S/C12H12IN3O/c13-11-4-1-3-10(9-11)12(17)14-6-8-16-7-2-5-15-16/h1-5,7,9H,6,8H2,(H,14,17). The lowest BCUT2D eigenvalue weighted by Crippen LogP contribution is -2.27. The van der Waals surface area contributed by atoms with Gasteiger partial charge in [0, 0.05) is 28.1 Å². The van der Waals surface area contributed by atoms with Gasteiger partial charge in [-0.05, 0) is 46.9 Å². The molecule has 0 spiro atoms. The normalized spacial score (nSPS) is 10.2. The Labute approximate surface area is 113 Å². The molecule has 0 aliphatic carbocycles. The van der Waals surface area contributed by atoms with E-state index in [1.807, 2.05) is 36.5 Å². The first-order valence-electron chi connectivity index (χ1n) is 5.27. The largest absolute Gasteiger partial charge is 0.350 e. The highest BCUT2D eigenvalue weighted by molar-refractivity contribution is 14.1. The fourth-order valence-corrected chi connectivity index (χ4v) is 1.99. The number of nitrogens with zero attached hydrogens (tertiary/aromatic N) is 2. The summed E-state index contributed by atoms with van der Waals surface area (Å²) in [5.41, 5.74) is 0.692. The van der Waals surface area contributed by atoms with E-state index >= 15 is 0 Å². The summed E-state index contributed by atoms with van der Waals surface area (Å²) < 4.78 is 2.84. The van der Waals surface area contributed by atoms with E-state index < -0.39 is 0 Å². The third-order valence-corrected chi connectivity index (χ3v) is 2.94. The summed E-state index contributed by atoms with van der Waals surface area (Å²) in [6.45, 7) is 1.26. The average Bonchev–Trinajstić information content (AvgIpc) is 2.82. The molecule has 1 aromatic carbocycles. The molecule has 2 aromatic rings. The third-order valence-electron chi connectivity index (χ3n) is 2.27. The molecule has 17 heavy (non-hydrogen) atoms. The highest BCUT2D eigenvalue weighted by Crippen LogP contribution is 2.07. The van der Waals surface area contributed by atoms with Gasteiger partial charge in [-0.1, -0.05) is 6.07 Å². The molecule has 0 fully saturated rings. The number of hydrogen-bond acceptors (Lipinski definition) is 2. The van der Waals surface area contributed by atoms with Crippen LogP contribution in [0, 0.1) is 3.57 Å². The molecule has 1 amide bonds. The number of carbonyl (C=O) groups excluding carboxylic acids is 1. The molecule has 0 saturated carbocycles. The van der Waals surface area contributed by atoms with E-state index in [0.29, 0.717) is 18.7 Å². The van der Waals surface area contributed by atoms with Crippen molar-refractivity contribution >= 4 is 28.5 Å². The predicted molar refractivity (Wildman–Crippen MR) is 73.7 cm³/mol. The lowest BCUT2D eigenvalue weighted by atomic mass is 10.2. The van der Waals surface area contributed by atoms with E-state index in [1.54, 1.807) is 10.9 Å². The highest BCUT2D eigenvalue weighted by Gasteiger charge is 2.04. The zero-order valence-corrected chi connectivity index (χ0v) is 11.3. The van der Waals surface area contributed by atoms with Crippen LogP contribution in [0.4, 0.5) is 0 Å². The Kier molecular flexibility index (Phi) is 4.13. The summed E-state index contributed by atoms with van der Waals surface area (Å²) in [7, 11) is 0. The zero-order valence-electron chi connectivity index (χ0n) is 9.14. The fraction of sp³-hybridized carbons (Fsp3) is 0.167. The lowest BCUT2D eigenvalue weighted by Gasteiger charge is -2.05. The zero-order chi connectivity index (χ0) is 12.1. The Hall–Kier alpha value is -1.37. The van der Waals surface area contributed by atoms with Crippen molar-refractivity contribution in [3.8, 4) is 0 Å². The van der Waals surface area contributed by atoms with Gasteiger partial charge in [0.1, 0.15) is 0 Å². The Morgan fingerprint density at radius 3 is 3.00 bits per heavy atom. The number of amides is 1. The van der Waals surface area contributed by atoms with E-state index in [9.17, 15) is 4.79 Å². The number of carbonyl (C=O) groups is 1. The van der Waals surface area contributed by atoms with Crippen molar-refractivity contribution < 1.29 is 4.79 Å². The Bertz CT molecular complexity index is 496. The maximum atomic E-state index is 11.8. The quantitative estimate of drug-likeness (QED) is 0.864. The summed E-state index contributed by atoms with van der Waals surface area (Å²) in [6.07, 6.45) is 3.60. The molecule has 0 bridgehead atoms. The number of nitrogens with one attached hydrogen (secondary N) is 1. The molecule has 88 valence electrons. The van der Waals surface area contributed by atoms with Crippen LogP contribution in [-0.4, -0.2) is 22.2 Å². The van der Waals surface area contributed by atoms with Gasteiger partial charge in [-0.3, -0.25) is 9.48 Å². The van der Waals surface area contributed by atoms with Crippen molar-refractivity contribution in [1.29, 1.82) is 0 Å².